The van der Waals surface area contributed by atoms with Crippen LogP contribution in [-0.2, 0) is 13.1 Å². The molecule has 1 aliphatic heterocycles. The van der Waals surface area contributed by atoms with E-state index in [2.05, 4.69) is 15.9 Å². The maximum atomic E-state index is 12.2. The molecular formula is C10H9BrF3N. The number of rotatable bonds is 1. The fraction of sp³-hybridized carbons (Fsp3) is 0.400. The van der Waals surface area contributed by atoms with Gasteiger partial charge >= 0.3 is 6.18 Å². The molecular weight excluding hydrogens is 271 g/mol. The molecule has 0 aliphatic carbocycles. The highest BCUT2D eigenvalue weighted by Gasteiger charge is 2.33. The van der Waals surface area contributed by atoms with Gasteiger partial charge in [0.1, 0.15) is 0 Å². The van der Waals surface area contributed by atoms with Gasteiger partial charge < -0.3 is 0 Å². The van der Waals surface area contributed by atoms with Crippen LogP contribution in [0, 0.1) is 0 Å². The molecule has 0 N–H and O–H groups in total. The Morgan fingerprint density at radius 2 is 1.87 bits per heavy atom. The van der Waals surface area contributed by atoms with Crippen LogP contribution in [0.25, 0.3) is 0 Å². The van der Waals surface area contributed by atoms with E-state index in [1.165, 1.54) is 4.90 Å². The molecule has 1 heterocycles. The number of halogens is 4. The van der Waals surface area contributed by atoms with E-state index in [0.717, 1.165) is 15.6 Å². The Morgan fingerprint density at radius 3 is 2.53 bits per heavy atom. The summed E-state index contributed by atoms with van der Waals surface area (Å²) in [6.07, 6.45) is -4.11. The highest BCUT2D eigenvalue weighted by atomic mass is 79.9. The number of benzene rings is 1. The van der Waals surface area contributed by atoms with Crippen molar-refractivity contribution in [3.8, 4) is 0 Å². The minimum Gasteiger partial charge on any atom is -0.286 e. The van der Waals surface area contributed by atoms with Gasteiger partial charge in [0.15, 0.2) is 0 Å². The molecule has 0 radical (unpaired) electrons. The molecule has 0 spiro atoms. The van der Waals surface area contributed by atoms with E-state index in [0.29, 0.717) is 13.1 Å². The van der Waals surface area contributed by atoms with Crippen molar-refractivity contribution in [2.24, 2.45) is 0 Å². The van der Waals surface area contributed by atoms with Gasteiger partial charge in [-0.05, 0) is 23.3 Å². The second-order valence-electron chi connectivity index (χ2n) is 3.67. The lowest BCUT2D eigenvalue weighted by atomic mass is 10.1. The van der Waals surface area contributed by atoms with Crippen molar-refractivity contribution in [1.82, 2.24) is 4.90 Å². The molecule has 1 aromatic rings. The fourth-order valence-electron chi connectivity index (χ4n) is 1.80. The van der Waals surface area contributed by atoms with Gasteiger partial charge in [-0.15, -0.1) is 0 Å². The second kappa shape index (κ2) is 3.79. The Morgan fingerprint density at radius 1 is 1.20 bits per heavy atom. The second-order valence-corrected chi connectivity index (χ2v) is 4.59. The van der Waals surface area contributed by atoms with Crippen LogP contribution < -0.4 is 0 Å². The quantitative estimate of drug-likeness (QED) is 0.762. The zero-order chi connectivity index (χ0) is 11.1. The number of nitrogens with zero attached hydrogens (tertiary/aromatic N) is 1. The lowest BCUT2D eigenvalue weighted by Crippen LogP contribution is -2.29. The number of alkyl halides is 3. The summed E-state index contributed by atoms with van der Waals surface area (Å²) in [5.74, 6) is 0. The van der Waals surface area contributed by atoms with Crippen molar-refractivity contribution >= 4 is 15.9 Å². The van der Waals surface area contributed by atoms with Crippen molar-refractivity contribution in [1.29, 1.82) is 0 Å². The Kier molecular flexibility index (Phi) is 2.77. The average Bonchev–Trinajstić information content (AvgIpc) is 2.42. The molecule has 1 nitrogen and oxygen atoms in total. The summed E-state index contributed by atoms with van der Waals surface area (Å²) in [6, 6.07) is 5.61. The third-order valence-electron chi connectivity index (χ3n) is 2.36. The highest BCUT2D eigenvalue weighted by molar-refractivity contribution is 9.10. The van der Waals surface area contributed by atoms with Gasteiger partial charge in [-0.2, -0.15) is 13.2 Å². The zero-order valence-corrected chi connectivity index (χ0v) is 9.40. The molecule has 82 valence electrons. The number of hydrogen-bond acceptors (Lipinski definition) is 1. The lowest BCUT2D eigenvalue weighted by molar-refractivity contribution is -0.146. The summed E-state index contributed by atoms with van der Waals surface area (Å²) in [7, 11) is 0. The topological polar surface area (TPSA) is 3.24 Å². The summed E-state index contributed by atoms with van der Waals surface area (Å²) >= 11 is 3.31. The van der Waals surface area contributed by atoms with Crippen molar-refractivity contribution in [2.45, 2.75) is 19.3 Å². The normalized spacial score (nSPS) is 16.8. The molecule has 2 rings (SSSR count). The van der Waals surface area contributed by atoms with Crippen LogP contribution in [0.1, 0.15) is 11.1 Å². The van der Waals surface area contributed by atoms with E-state index in [1.54, 1.807) is 0 Å². The summed E-state index contributed by atoms with van der Waals surface area (Å²) in [5, 5.41) is 0. The first-order chi connectivity index (χ1) is 6.94. The molecule has 0 unspecified atom stereocenters. The van der Waals surface area contributed by atoms with Crippen molar-refractivity contribution in [3.05, 3.63) is 33.8 Å². The zero-order valence-electron chi connectivity index (χ0n) is 7.81. The van der Waals surface area contributed by atoms with Crippen LogP contribution in [0.4, 0.5) is 13.2 Å². The summed E-state index contributed by atoms with van der Waals surface area (Å²) in [4.78, 5) is 1.40. The van der Waals surface area contributed by atoms with Crippen LogP contribution in [0.15, 0.2) is 22.7 Å². The molecule has 0 atom stereocenters. The smallest absolute Gasteiger partial charge is 0.286 e. The summed E-state index contributed by atoms with van der Waals surface area (Å²) in [6.45, 7) is -0.0598. The van der Waals surface area contributed by atoms with Crippen LogP contribution in [-0.4, -0.2) is 17.6 Å². The summed E-state index contributed by atoms with van der Waals surface area (Å²) in [5.41, 5.74) is 1.97. The predicted octanol–water partition coefficient (Wildman–Crippen LogP) is 3.33. The van der Waals surface area contributed by atoms with Crippen LogP contribution >= 0.6 is 15.9 Å². The van der Waals surface area contributed by atoms with E-state index in [9.17, 15) is 13.2 Å². The van der Waals surface area contributed by atoms with Crippen LogP contribution in [0.3, 0.4) is 0 Å². The molecule has 15 heavy (non-hydrogen) atoms. The minimum absolute atomic E-state index is 0.383. The van der Waals surface area contributed by atoms with Crippen LogP contribution in [0.2, 0.25) is 0 Å². The molecule has 0 amide bonds. The summed E-state index contributed by atoms with van der Waals surface area (Å²) < 4.78 is 37.4. The predicted molar refractivity (Wildman–Crippen MR) is 54.3 cm³/mol. The molecule has 0 fully saturated rings. The maximum Gasteiger partial charge on any atom is 0.401 e. The average molecular weight is 280 g/mol. The Bertz CT molecular complexity index is 375. The van der Waals surface area contributed by atoms with Gasteiger partial charge in [0, 0.05) is 17.6 Å². The van der Waals surface area contributed by atoms with Gasteiger partial charge in [-0.3, -0.25) is 4.90 Å². The Balaban J connectivity index is 2.09. The Labute approximate surface area is 94.0 Å². The number of hydrogen-bond donors (Lipinski definition) is 0. The SMILES string of the molecule is FC(F)(F)CN1Cc2ccc(Br)cc2C1. The van der Waals surface area contributed by atoms with E-state index in [-0.39, 0.29) is 0 Å². The molecule has 5 heteroatoms. The minimum atomic E-state index is -4.11. The van der Waals surface area contributed by atoms with E-state index >= 15 is 0 Å². The lowest BCUT2D eigenvalue weighted by Gasteiger charge is -2.16. The third kappa shape index (κ3) is 2.72. The van der Waals surface area contributed by atoms with Gasteiger partial charge in [-0.1, -0.05) is 22.0 Å². The fourth-order valence-corrected chi connectivity index (χ4v) is 2.21. The molecule has 0 saturated heterocycles. The standard InChI is InChI=1S/C10H9BrF3N/c11-9-2-1-7-4-15(5-8(7)3-9)6-10(12,13)14/h1-3H,4-6H2. The molecule has 1 aliphatic rings. The third-order valence-corrected chi connectivity index (χ3v) is 2.85. The van der Waals surface area contributed by atoms with E-state index in [1.807, 2.05) is 18.2 Å². The van der Waals surface area contributed by atoms with E-state index < -0.39 is 12.7 Å². The molecule has 0 bridgehead atoms. The largest absolute Gasteiger partial charge is 0.401 e. The van der Waals surface area contributed by atoms with Crippen molar-refractivity contribution in [3.63, 3.8) is 0 Å². The monoisotopic (exact) mass is 279 g/mol. The molecule has 0 aromatic heterocycles. The maximum absolute atomic E-state index is 12.2. The van der Waals surface area contributed by atoms with E-state index in [4.69, 9.17) is 0 Å². The first kappa shape index (κ1) is 11.0. The molecule has 0 saturated carbocycles. The first-order valence-corrected chi connectivity index (χ1v) is 5.30. The van der Waals surface area contributed by atoms with Gasteiger partial charge in [-0.25, -0.2) is 0 Å². The van der Waals surface area contributed by atoms with Crippen molar-refractivity contribution < 1.29 is 13.2 Å². The van der Waals surface area contributed by atoms with Crippen LogP contribution in [0.5, 0.6) is 0 Å². The highest BCUT2D eigenvalue weighted by Crippen LogP contribution is 2.28. The molecule has 1 aromatic carbocycles. The van der Waals surface area contributed by atoms with Gasteiger partial charge in [0.25, 0.3) is 0 Å². The number of fused-ring (bicyclic) bond motifs is 1. The van der Waals surface area contributed by atoms with Gasteiger partial charge in [0.2, 0.25) is 0 Å². The van der Waals surface area contributed by atoms with Gasteiger partial charge in [0.05, 0.1) is 6.54 Å². The Hall–Kier alpha value is -0.550. The first-order valence-electron chi connectivity index (χ1n) is 4.50. The van der Waals surface area contributed by atoms with Crippen molar-refractivity contribution in [2.75, 3.05) is 6.54 Å².